The number of benzene rings is 1. The van der Waals surface area contributed by atoms with E-state index in [1.807, 2.05) is 0 Å². The van der Waals surface area contributed by atoms with E-state index < -0.39 is 16.9 Å². The summed E-state index contributed by atoms with van der Waals surface area (Å²) in [5.74, 6) is -0.505. The fourth-order valence-corrected chi connectivity index (χ4v) is 1.31. The molecule has 0 aliphatic carbocycles. The number of carbonyl (C=O) groups is 2. The van der Waals surface area contributed by atoms with E-state index in [1.54, 1.807) is 19.1 Å². The van der Waals surface area contributed by atoms with Crippen LogP contribution in [-0.2, 0) is 4.79 Å². The van der Waals surface area contributed by atoms with Gasteiger partial charge >= 0.3 is 6.03 Å². The van der Waals surface area contributed by atoms with Crippen molar-refractivity contribution < 1.29 is 14.5 Å². The Bertz CT molecular complexity index is 612. The smallest absolute Gasteiger partial charge is 0.319 e. The van der Waals surface area contributed by atoms with E-state index in [2.05, 4.69) is 21.2 Å². The standard InChI is InChI=1S/C13H15N5O4/c1-2-3-7-15-17-12(19)9-14-13(20)16-10-5-4-6-11(8-10)18(21)22/h2-8H,9H2,1H3,(H,17,19)(H2,14,16,20)/b3-2+,15-7+. The number of hydrazone groups is 1. The summed E-state index contributed by atoms with van der Waals surface area (Å²) in [7, 11) is 0. The van der Waals surface area contributed by atoms with Crippen LogP contribution in [0.3, 0.4) is 0 Å². The zero-order valence-electron chi connectivity index (χ0n) is 11.8. The molecule has 0 fully saturated rings. The second-order valence-corrected chi connectivity index (χ2v) is 3.95. The summed E-state index contributed by atoms with van der Waals surface area (Å²) in [6.45, 7) is 1.52. The molecule has 1 aromatic carbocycles. The molecule has 3 N–H and O–H groups in total. The average molecular weight is 305 g/mol. The van der Waals surface area contributed by atoms with Gasteiger partial charge in [-0.25, -0.2) is 10.2 Å². The Morgan fingerprint density at radius 2 is 2.18 bits per heavy atom. The molecule has 9 nitrogen and oxygen atoms in total. The maximum Gasteiger partial charge on any atom is 0.319 e. The number of amides is 3. The summed E-state index contributed by atoms with van der Waals surface area (Å²) in [4.78, 5) is 32.9. The Kier molecular flexibility index (Phi) is 6.76. The number of nitro benzene ring substituents is 1. The molecule has 22 heavy (non-hydrogen) atoms. The predicted molar refractivity (Wildman–Crippen MR) is 81.6 cm³/mol. The van der Waals surface area contributed by atoms with Gasteiger partial charge in [-0.2, -0.15) is 5.10 Å². The molecule has 0 unspecified atom stereocenters. The van der Waals surface area contributed by atoms with Gasteiger partial charge in [-0.05, 0) is 19.1 Å². The van der Waals surface area contributed by atoms with Gasteiger partial charge in [0.25, 0.3) is 11.6 Å². The summed E-state index contributed by atoms with van der Waals surface area (Å²) in [6.07, 6.45) is 4.75. The van der Waals surface area contributed by atoms with E-state index >= 15 is 0 Å². The van der Waals surface area contributed by atoms with Crippen LogP contribution in [0.2, 0.25) is 0 Å². The number of carbonyl (C=O) groups excluding carboxylic acids is 2. The van der Waals surface area contributed by atoms with E-state index in [9.17, 15) is 19.7 Å². The van der Waals surface area contributed by atoms with Gasteiger partial charge in [0.15, 0.2) is 0 Å². The van der Waals surface area contributed by atoms with Gasteiger partial charge < -0.3 is 10.6 Å². The lowest BCUT2D eigenvalue weighted by Crippen LogP contribution is -2.37. The lowest BCUT2D eigenvalue weighted by Gasteiger charge is -2.06. The molecule has 0 heterocycles. The first-order valence-corrected chi connectivity index (χ1v) is 6.25. The topological polar surface area (TPSA) is 126 Å². The maximum atomic E-state index is 11.6. The van der Waals surface area contributed by atoms with Crippen LogP contribution in [-0.4, -0.2) is 29.6 Å². The first-order valence-electron chi connectivity index (χ1n) is 6.25. The molecule has 0 aliphatic rings. The maximum absolute atomic E-state index is 11.6. The third-order valence-corrected chi connectivity index (χ3v) is 2.27. The van der Waals surface area contributed by atoms with Crippen LogP contribution in [0.4, 0.5) is 16.2 Å². The molecule has 0 saturated carbocycles. The molecule has 0 aliphatic heterocycles. The molecular weight excluding hydrogens is 290 g/mol. The Balaban J connectivity index is 2.42. The Hall–Kier alpha value is -3.23. The third-order valence-electron chi connectivity index (χ3n) is 2.27. The highest BCUT2D eigenvalue weighted by Crippen LogP contribution is 2.16. The van der Waals surface area contributed by atoms with Gasteiger partial charge in [0.1, 0.15) is 6.54 Å². The van der Waals surface area contributed by atoms with E-state index in [0.717, 1.165) is 0 Å². The second kappa shape index (κ2) is 8.84. The fraction of sp³-hybridized carbons (Fsp3) is 0.154. The van der Waals surface area contributed by atoms with Gasteiger partial charge in [0, 0.05) is 24.0 Å². The number of non-ortho nitro benzene ring substituents is 1. The van der Waals surface area contributed by atoms with Crippen LogP contribution < -0.4 is 16.1 Å². The Labute approximate surface area is 126 Å². The van der Waals surface area contributed by atoms with E-state index in [1.165, 1.54) is 30.5 Å². The molecule has 1 rings (SSSR count). The first-order chi connectivity index (χ1) is 10.5. The van der Waals surface area contributed by atoms with Crippen LogP contribution >= 0.6 is 0 Å². The highest BCUT2D eigenvalue weighted by molar-refractivity contribution is 5.92. The van der Waals surface area contributed by atoms with Crippen LogP contribution in [0.25, 0.3) is 0 Å². The van der Waals surface area contributed by atoms with Gasteiger partial charge in [0.2, 0.25) is 0 Å². The molecule has 0 radical (unpaired) electrons. The van der Waals surface area contributed by atoms with Crippen molar-refractivity contribution in [2.24, 2.45) is 5.10 Å². The molecule has 9 heteroatoms. The van der Waals surface area contributed by atoms with Crippen molar-refractivity contribution in [1.82, 2.24) is 10.7 Å². The molecular formula is C13H15N5O4. The highest BCUT2D eigenvalue weighted by atomic mass is 16.6. The van der Waals surface area contributed by atoms with Gasteiger partial charge in [0.05, 0.1) is 4.92 Å². The zero-order chi connectivity index (χ0) is 16.4. The van der Waals surface area contributed by atoms with Crippen molar-refractivity contribution in [3.63, 3.8) is 0 Å². The SMILES string of the molecule is C/C=C/C=N/NC(=O)CNC(=O)Nc1cccc([N+](=O)[O-])c1. The average Bonchev–Trinajstić information content (AvgIpc) is 2.50. The summed E-state index contributed by atoms with van der Waals surface area (Å²) in [5.41, 5.74) is 2.31. The molecule has 0 atom stereocenters. The number of nitro groups is 1. The number of nitrogens with zero attached hydrogens (tertiary/aromatic N) is 2. The molecule has 0 bridgehead atoms. The van der Waals surface area contributed by atoms with Crippen LogP contribution in [0.5, 0.6) is 0 Å². The van der Waals surface area contributed by atoms with E-state index in [4.69, 9.17) is 0 Å². The minimum atomic E-state index is -0.659. The summed E-state index contributed by atoms with van der Waals surface area (Å²) in [6, 6.07) is 4.79. The molecule has 0 aromatic heterocycles. The van der Waals surface area contributed by atoms with Crippen molar-refractivity contribution in [3.8, 4) is 0 Å². The number of anilines is 1. The number of hydrogen-bond acceptors (Lipinski definition) is 5. The molecule has 3 amide bonds. The van der Waals surface area contributed by atoms with Crippen molar-refractivity contribution in [1.29, 1.82) is 0 Å². The predicted octanol–water partition coefficient (Wildman–Crippen LogP) is 1.39. The lowest BCUT2D eigenvalue weighted by atomic mass is 10.3. The Morgan fingerprint density at radius 1 is 1.41 bits per heavy atom. The quantitative estimate of drug-likeness (QED) is 0.417. The third kappa shape index (κ3) is 6.28. The minimum Gasteiger partial charge on any atom is -0.329 e. The normalized spacial score (nSPS) is 10.6. The molecule has 0 saturated heterocycles. The van der Waals surface area contributed by atoms with Crippen molar-refractivity contribution >= 4 is 29.5 Å². The lowest BCUT2D eigenvalue weighted by molar-refractivity contribution is -0.384. The first kappa shape index (κ1) is 16.8. The number of rotatable bonds is 6. The molecule has 116 valence electrons. The molecule has 0 spiro atoms. The van der Waals surface area contributed by atoms with Crippen LogP contribution in [0.15, 0.2) is 41.5 Å². The van der Waals surface area contributed by atoms with Gasteiger partial charge in [-0.1, -0.05) is 12.1 Å². The van der Waals surface area contributed by atoms with Crippen LogP contribution in [0, 0.1) is 10.1 Å². The number of allylic oxidation sites excluding steroid dienone is 2. The summed E-state index contributed by atoms with van der Waals surface area (Å²) >= 11 is 0. The minimum absolute atomic E-state index is 0.145. The van der Waals surface area contributed by atoms with E-state index in [-0.39, 0.29) is 17.9 Å². The summed E-state index contributed by atoms with van der Waals surface area (Å²) < 4.78 is 0. The fourth-order valence-electron chi connectivity index (χ4n) is 1.31. The van der Waals surface area contributed by atoms with E-state index in [0.29, 0.717) is 0 Å². The van der Waals surface area contributed by atoms with Gasteiger partial charge in [-0.3, -0.25) is 14.9 Å². The van der Waals surface area contributed by atoms with Crippen molar-refractivity contribution in [2.45, 2.75) is 6.92 Å². The number of urea groups is 1. The second-order valence-electron chi connectivity index (χ2n) is 3.95. The Morgan fingerprint density at radius 3 is 2.86 bits per heavy atom. The van der Waals surface area contributed by atoms with Crippen molar-refractivity contribution in [3.05, 3.63) is 46.5 Å². The zero-order valence-corrected chi connectivity index (χ0v) is 11.8. The number of hydrogen-bond donors (Lipinski definition) is 3. The molecule has 1 aromatic rings. The van der Waals surface area contributed by atoms with Crippen LogP contribution in [0.1, 0.15) is 6.92 Å². The highest BCUT2D eigenvalue weighted by Gasteiger charge is 2.08. The van der Waals surface area contributed by atoms with Crippen molar-refractivity contribution in [2.75, 3.05) is 11.9 Å². The summed E-state index contributed by atoms with van der Waals surface area (Å²) in [5, 5.41) is 18.9. The van der Waals surface area contributed by atoms with Gasteiger partial charge in [-0.15, -0.1) is 0 Å². The monoisotopic (exact) mass is 305 g/mol. The largest absolute Gasteiger partial charge is 0.329 e. The number of nitrogens with one attached hydrogen (secondary N) is 3.